The van der Waals surface area contributed by atoms with Crippen LogP contribution in [0, 0.1) is 0 Å². The maximum absolute atomic E-state index is 6.07. The van der Waals surface area contributed by atoms with Crippen LogP contribution in [0.4, 0.5) is 0 Å². The first-order valence-electron chi connectivity index (χ1n) is 6.87. The number of hydrogen-bond donors (Lipinski definition) is 1. The van der Waals surface area contributed by atoms with Gasteiger partial charge in [0.1, 0.15) is 5.75 Å². The molecule has 0 saturated carbocycles. The van der Waals surface area contributed by atoms with Crippen molar-refractivity contribution < 1.29 is 9.47 Å². The van der Waals surface area contributed by atoms with E-state index in [1.165, 1.54) is 5.56 Å². The van der Waals surface area contributed by atoms with E-state index in [0.717, 1.165) is 30.0 Å². The van der Waals surface area contributed by atoms with Gasteiger partial charge in [0.15, 0.2) is 0 Å². The molecule has 4 nitrogen and oxygen atoms in total. The highest BCUT2D eigenvalue weighted by Gasteiger charge is 2.36. The number of methoxy groups -OCH3 is 1. The van der Waals surface area contributed by atoms with Gasteiger partial charge in [-0.2, -0.15) is 0 Å². The van der Waals surface area contributed by atoms with Crippen LogP contribution in [-0.4, -0.2) is 43.9 Å². The van der Waals surface area contributed by atoms with E-state index in [2.05, 4.69) is 40.7 Å². The van der Waals surface area contributed by atoms with Crippen molar-refractivity contribution in [1.29, 1.82) is 0 Å². The number of nitrogens with zero attached hydrogens (tertiary/aromatic N) is 1. The summed E-state index contributed by atoms with van der Waals surface area (Å²) in [7, 11) is 1.68. The van der Waals surface area contributed by atoms with Crippen LogP contribution in [0.1, 0.15) is 25.5 Å². The molecular weight excluding hydrogens is 320 g/mol. The molecule has 1 saturated heterocycles. The van der Waals surface area contributed by atoms with Gasteiger partial charge in [0.2, 0.25) is 0 Å². The van der Waals surface area contributed by atoms with E-state index in [1.54, 1.807) is 7.11 Å². The lowest BCUT2D eigenvalue weighted by Crippen LogP contribution is -2.55. The molecule has 1 aliphatic rings. The third-order valence-electron chi connectivity index (χ3n) is 3.87. The monoisotopic (exact) mass is 342 g/mol. The number of benzene rings is 1. The van der Waals surface area contributed by atoms with E-state index in [9.17, 15) is 0 Å². The summed E-state index contributed by atoms with van der Waals surface area (Å²) in [4.78, 5) is 2.43. The fourth-order valence-electron chi connectivity index (χ4n) is 2.77. The third kappa shape index (κ3) is 3.17. The van der Waals surface area contributed by atoms with Crippen molar-refractivity contribution in [3.05, 3.63) is 28.2 Å². The summed E-state index contributed by atoms with van der Waals surface area (Å²) in [6, 6.07) is 6.18. The normalized spacial score (nSPS) is 20.6. The lowest BCUT2D eigenvalue weighted by atomic mass is 9.95. The zero-order valence-electron chi connectivity index (χ0n) is 12.4. The van der Waals surface area contributed by atoms with Crippen LogP contribution in [-0.2, 0) is 4.74 Å². The third-order valence-corrected chi connectivity index (χ3v) is 4.59. The fraction of sp³-hybridized carbons (Fsp3) is 0.600. The van der Waals surface area contributed by atoms with Gasteiger partial charge < -0.3 is 15.2 Å². The van der Waals surface area contributed by atoms with Gasteiger partial charge in [0, 0.05) is 29.1 Å². The highest BCUT2D eigenvalue weighted by molar-refractivity contribution is 9.10. The van der Waals surface area contributed by atoms with Crippen LogP contribution in [0.2, 0.25) is 0 Å². The predicted octanol–water partition coefficient (Wildman–Crippen LogP) is 2.57. The van der Waals surface area contributed by atoms with Crippen LogP contribution in [0.25, 0.3) is 0 Å². The molecule has 0 bridgehead atoms. The van der Waals surface area contributed by atoms with Crippen LogP contribution in [0.5, 0.6) is 5.75 Å². The minimum absolute atomic E-state index is 0.0230. The first-order chi connectivity index (χ1) is 9.49. The second-order valence-electron chi connectivity index (χ2n) is 5.70. The summed E-state index contributed by atoms with van der Waals surface area (Å²) in [5.41, 5.74) is 7.22. The molecule has 0 radical (unpaired) electrons. The van der Waals surface area contributed by atoms with Crippen molar-refractivity contribution in [2.45, 2.75) is 25.4 Å². The highest BCUT2D eigenvalue weighted by Crippen LogP contribution is 2.35. The standard InChI is InChI=1S/C15H23BrN2O2/c1-15(2)10-20-7-6-18(15)14(9-17)12-8-11(19-3)4-5-13(12)16/h4-5,8,14H,6-7,9-10,17H2,1-3H3. The lowest BCUT2D eigenvalue weighted by molar-refractivity contribution is -0.0714. The minimum Gasteiger partial charge on any atom is -0.497 e. The van der Waals surface area contributed by atoms with Gasteiger partial charge in [-0.3, -0.25) is 4.90 Å². The molecule has 0 amide bonds. The molecule has 2 rings (SSSR count). The summed E-state index contributed by atoms with van der Waals surface area (Å²) in [5, 5.41) is 0. The Kier molecular flexibility index (Phi) is 5.07. The van der Waals surface area contributed by atoms with Gasteiger partial charge in [-0.25, -0.2) is 0 Å². The number of rotatable bonds is 4. The molecule has 1 atom stereocenters. The average Bonchev–Trinajstić information content (AvgIpc) is 2.43. The topological polar surface area (TPSA) is 47.7 Å². The first-order valence-corrected chi connectivity index (χ1v) is 7.67. The van der Waals surface area contributed by atoms with Gasteiger partial charge in [0.05, 0.1) is 20.3 Å². The molecule has 0 aliphatic carbocycles. The zero-order chi connectivity index (χ0) is 14.8. The predicted molar refractivity (Wildman–Crippen MR) is 84.1 cm³/mol. The Morgan fingerprint density at radius 1 is 1.50 bits per heavy atom. The molecule has 1 unspecified atom stereocenters. The molecule has 2 N–H and O–H groups in total. The van der Waals surface area contributed by atoms with Crippen LogP contribution in [0.15, 0.2) is 22.7 Å². The van der Waals surface area contributed by atoms with Crippen molar-refractivity contribution in [2.75, 3.05) is 33.4 Å². The van der Waals surface area contributed by atoms with E-state index < -0.39 is 0 Å². The van der Waals surface area contributed by atoms with Crippen LogP contribution in [0.3, 0.4) is 0 Å². The Bertz CT molecular complexity index is 465. The number of hydrogen-bond acceptors (Lipinski definition) is 4. The molecule has 112 valence electrons. The smallest absolute Gasteiger partial charge is 0.119 e. The number of halogens is 1. The van der Waals surface area contributed by atoms with Crippen molar-refractivity contribution in [3.63, 3.8) is 0 Å². The van der Waals surface area contributed by atoms with E-state index in [4.69, 9.17) is 15.2 Å². The maximum Gasteiger partial charge on any atom is 0.119 e. The van der Waals surface area contributed by atoms with Gasteiger partial charge in [-0.05, 0) is 37.6 Å². The van der Waals surface area contributed by atoms with Gasteiger partial charge in [-0.1, -0.05) is 15.9 Å². The molecule has 1 fully saturated rings. The number of ether oxygens (including phenoxy) is 2. The van der Waals surface area contributed by atoms with E-state index in [0.29, 0.717) is 6.54 Å². The summed E-state index contributed by atoms with van der Waals surface area (Å²) in [5.74, 6) is 0.854. The zero-order valence-corrected chi connectivity index (χ0v) is 13.9. The maximum atomic E-state index is 6.07. The van der Waals surface area contributed by atoms with E-state index in [-0.39, 0.29) is 11.6 Å². The van der Waals surface area contributed by atoms with Crippen molar-refractivity contribution in [3.8, 4) is 5.75 Å². The Balaban J connectivity index is 2.36. The highest BCUT2D eigenvalue weighted by atomic mass is 79.9. The molecular formula is C15H23BrN2O2. The molecule has 1 aromatic rings. The van der Waals surface area contributed by atoms with Crippen molar-refractivity contribution in [1.82, 2.24) is 4.90 Å². The molecule has 20 heavy (non-hydrogen) atoms. The summed E-state index contributed by atoms with van der Waals surface area (Å²) in [6.07, 6.45) is 0. The Morgan fingerprint density at radius 2 is 2.25 bits per heavy atom. The first kappa shape index (κ1) is 15.8. The number of morpholine rings is 1. The molecule has 0 aromatic heterocycles. The van der Waals surface area contributed by atoms with Crippen LogP contribution >= 0.6 is 15.9 Å². The minimum atomic E-state index is -0.0230. The second-order valence-corrected chi connectivity index (χ2v) is 6.55. The molecule has 1 aromatic carbocycles. The largest absolute Gasteiger partial charge is 0.497 e. The summed E-state index contributed by atoms with van der Waals surface area (Å²) in [6.45, 7) is 7.33. The second kappa shape index (κ2) is 6.43. The lowest BCUT2D eigenvalue weighted by Gasteiger charge is -2.46. The molecule has 5 heteroatoms. The fourth-order valence-corrected chi connectivity index (χ4v) is 3.29. The number of nitrogens with two attached hydrogens (primary N) is 1. The van der Waals surface area contributed by atoms with Crippen molar-refractivity contribution >= 4 is 15.9 Å². The Hall–Kier alpha value is -0.620. The quantitative estimate of drug-likeness (QED) is 0.913. The Labute approximate surface area is 129 Å². The Morgan fingerprint density at radius 3 is 2.85 bits per heavy atom. The van der Waals surface area contributed by atoms with Gasteiger partial charge in [-0.15, -0.1) is 0 Å². The van der Waals surface area contributed by atoms with Gasteiger partial charge >= 0.3 is 0 Å². The molecule has 1 aliphatic heterocycles. The van der Waals surface area contributed by atoms with Crippen LogP contribution < -0.4 is 10.5 Å². The molecule has 1 heterocycles. The van der Waals surface area contributed by atoms with E-state index in [1.807, 2.05) is 12.1 Å². The average molecular weight is 343 g/mol. The molecule has 0 spiro atoms. The summed E-state index contributed by atoms with van der Waals surface area (Å²) < 4.78 is 12.0. The SMILES string of the molecule is COc1ccc(Br)c(C(CN)N2CCOCC2(C)C)c1. The van der Waals surface area contributed by atoms with Crippen molar-refractivity contribution in [2.24, 2.45) is 5.73 Å². The van der Waals surface area contributed by atoms with E-state index >= 15 is 0 Å². The van der Waals surface area contributed by atoms with Gasteiger partial charge in [0.25, 0.3) is 0 Å². The summed E-state index contributed by atoms with van der Waals surface area (Å²) >= 11 is 3.64.